The molecule has 4 N–H and O–H groups in total. The van der Waals surface area contributed by atoms with Crippen molar-refractivity contribution in [1.29, 1.82) is 0 Å². The maximum absolute atomic E-state index is 14.4. The number of benzene rings is 1. The number of ether oxygens (including phenoxy) is 1. The Kier molecular flexibility index (Phi) is 5.63. The van der Waals surface area contributed by atoms with Crippen molar-refractivity contribution in [1.82, 2.24) is 4.98 Å². The molecule has 1 aromatic carbocycles. The molecule has 0 atom stereocenters. The van der Waals surface area contributed by atoms with Crippen LogP contribution in [0.25, 0.3) is 0 Å². The summed E-state index contributed by atoms with van der Waals surface area (Å²) < 4.78 is 99.1. The third kappa shape index (κ3) is 4.49. The fourth-order valence-corrected chi connectivity index (χ4v) is 2.35. The number of aromatic nitrogens is 1. The lowest BCUT2D eigenvalue weighted by atomic mass is 10.2. The van der Waals surface area contributed by atoms with Gasteiger partial charge in [-0.1, -0.05) is 0 Å². The van der Waals surface area contributed by atoms with Gasteiger partial charge in [-0.05, 0) is 12.8 Å². The molecule has 1 amide bonds. The predicted molar refractivity (Wildman–Crippen MR) is 90.4 cm³/mol. The van der Waals surface area contributed by atoms with Gasteiger partial charge in [0.05, 0.1) is 5.69 Å². The van der Waals surface area contributed by atoms with Crippen molar-refractivity contribution in [3.05, 3.63) is 46.8 Å². The Morgan fingerprint density at radius 3 is 2.33 bits per heavy atom. The van der Waals surface area contributed by atoms with E-state index in [0.717, 1.165) is 0 Å². The monoisotopic (exact) mass is 438 g/mol. The molecule has 1 fully saturated rings. The van der Waals surface area contributed by atoms with Crippen LogP contribution in [0, 0.1) is 23.3 Å². The smallest absolute Gasteiger partial charge is 0.433 e. The molecular weight excluding hydrogens is 425 g/mol. The second-order valence-electron chi connectivity index (χ2n) is 6.35. The molecule has 0 spiro atoms. The largest absolute Gasteiger partial charge is 0.446 e. The molecule has 1 aromatic heterocycles. The molecule has 0 radical (unpaired) electrons. The maximum atomic E-state index is 14.4. The first-order chi connectivity index (χ1) is 14.0. The van der Waals surface area contributed by atoms with Crippen LogP contribution in [-0.2, 0) is 17.5 Å². The summed E-state index contributed by atoms with van der Waals surface area (Å²) in [6.07, 6.45) is -4.67. The first kappa shape index (κ1) is 21.5. The van der Waals surface area contributed by atoms with Gasteiger partial charge in [0.25, 0.3) is 0 Å². The molecule has 162 valence electrons. The zero-order chi connectivity index (χ0) is 22.2. The van der Waals surface area contributed by atoms with E-state index in [1.807, 2.05) is 10.6 Å². The topological polar surface area (TPSA) is 89.3 Å². The molecule has 1 heterocycles. The van der Waals surface area contributed by atoms with Gasteiger partial charge in [0.1, 0.15) is 29.0 Å². The molecule has 13 heteroatoms. The van der Waals surface area contributed by atoms with E-state index in [-0.39, 0.29) is 12.2 Å². The summed E-state index contributed by atoms with van der Waals surface area (Å²) in [6, 6.07) is 0.108. The fourth-order valence-electron chi connectivity index (χ4n) is 2.35. The third-order valence-corrected chi connectivity index (χ3v) is 4.06. The predicted octanol–water partition coefficient (Wildman–Crippen LogP) is 4.56. The Morgan fingerprint density at radius 1 is 1.13 bits per heavy atom. The van der Waals surface area contributed by atoms with Crippen LogP contribution in [0.1, 0.15) is 24.1 Å². The lowest BCUT2D eigenvalue weighted by Gasteiger charge is -2.16. The first-order valence-corrected chi connectivity index (χ1v) is 8.38. The van der Waals surface area contributed by atoms with Crippen molar-refractivity contribution < 1.29 is 40.3 Å². The van der Waals surface area contributed by atoms with E-state index in [1.165, 1.54) is 0 Å². The van der Waals surface area contributed by atoms with E-state index in [9.17, 15) is 35.5 Å². The van der Waals surface area contributed by atoms with Gasteiger partial charge in [0, 0.05) is 24.4 Å². The summed E-state index contributed by atoms with van der Waals surface area (Å²) >= 11 is 0. The van der Waals surface area contributed by atoms with Crippen molar-refractivity contribution in [2.45, 2.75) is 31.7 Å². The van der Waals surface area contributed by atoms with Crippen LogP contribution in [-0.4, -0.2) is 17.2 Å². The summed E-state index contributed by atoms with van der Waals surface area (Å²) in [5, 5.41) is 3.84. The number of amides is 1. The van der Waals surface area contributed by atoms with Gasteiger partial charge >= 0.3 is 12.3 Å². The van der Waals surface area contributed by atoms with Gasteiger partial charge in [-0.3, -0.25) is 10.3 Å². The van der Waals surface area contributed by atoms with Crippen LogP contribution < -0.4 is 16.4 Å². The van der Waals surface area contributed by atoms with Crippen molar-refractivity contribution in [2.75, 3.05) is 16.4 Å². The van der Waals surface area contributed by atoms with Gasteiger partial charge in [-0.25, -0.2) is 22.4 Å². The molecular formula is C17H13F7N4O2. The molecule has 2 aromatic rings. The molecule has 1 aliphatic rings. The number of nitrogens with zero attached hydrogens (tertiary/aromatic N) is 1. The Morgan fingerprint density at radius 2 is 1.77 bits per heavy atom. The van der Waals surface area contributed by atoms with E-state index in [0.29, 0.717) is 19.0 Å². The normalized spacial score (nSPS) is 13.8. The number of rotatable bonds is 5. The van der Waals surface area contributed by atoms with Gasteiger partial charge in [0.15, 0.2) is 17.5 Å². The number of carbonyl (C=O) groups is 1. The van der Waals surface area contributed by atoms with Crippen LogP contribution in [0.5, 0.6) is 0 Å². The summed E-state index contributed by atoms with van der Waals surface area (Å²) in [4.78, 5) is 14.6. The Hall–Kier alpha value is -3.25. The number of nitrogen functional groups attached to an aromatic ring is 1. The number of alkyl halides is 3. The highest BCUT2D eigenvalue weighted by Crippen LogP contribution is 2.36. The quantitative estimate of drug-likeness (QED) is 0.362. The van der Waals surface area contributed by atoms with E-state index in [2.05, 4.69) is 4.98 Å². The Bertz CT molecular complexity index is 964. The zero-order valence-corrected chi connectivity index (χ0v) is 14.8. The number of pyridine rings is 1. The molecule has 0 bridgehead atoms. The lowest BCUT2D eigenvalue weighted by molar-refractivity contribution is -0.141. The highest BCUT2D eigenvalue weighted by molar-refractivity contribution is 5.90. The van der Waals surface area contributed by atoms with Crippen molar-refractivity contribution in [3.8, 4) is 0 Å². The van der Waals surface area contributed by atoms with Crippen LogP contribution in [0.4, 0.5) is 52.6 Å². The third-order valence-electron chi connectivity index (χ3n) is 4.06. The maximum Gasteiger partial charge on any atom is 0.433 e. The molecule has 0 unspecified atom stereocenters. The molecule has 1 saturated carbocycles. The second kappa shape index (κ2) is 7.88. The second-order valence-corrected chi connectivity index (χ2v) is 6.35. The average molecular weight is 438 g/mol. The van der Waals surface area contributed by atoms with Crippen LogP contribution >= 0.6 is 0 Å². The van der Waals surface area contributed by atoms with E-state index in [1.54, 1.807) is 0 Å². The van der Waals surface area contributed by atoms with Crippen molar-refractivity contribution >= 4 is 23.2 Å². The van der Waals surface area contributed by atoms with Crippen LogP contribution in [0.2, 0.25) is 0 Å². The van der Waals surface area contributed by atoms with E-state index >= 15 is 0 Å². The molecule has 0 aliphatic heterocycles. The number of nitrogens with one attached hydrogen (secondary N) is 2. The standard InChI is InChI=1S/C17H13F7N4O2/c18-8-3-9(17(22,23)24)26-4-6(8)5-27-14-10(19)11(20)15(13(25)12(14)21)28-16(29)30-7-1-2-7/h3-4,7,27H,1-2,5,25H2,(H,28,29). The fraction of sp³-hybridized carbons (Fsp3) is 0.294. The molecule has 30 heavy (non-hydrogen) atoms. The summed E-state index contributed by atoms with van der Waals surface area (Å²) in [5.74, 6) is -6.35. The van der Waals surface area contributed by atoms with Crippen molar-refractivity contribution in [2.24, 2.45) is 0 Å². The van der Waals surface area contributed by atoms with Gasteiger partial charge in [-0.15, -0.1) is 0 Å². The van der Waals surface area contributed by atoms with Gasteiger partial charge in [0.2, 0.25) is 0 Å². The average Bonchev–Trinajstić information content (AvgIpc) is 3.47. The van der Waals surface area contributed by atoms with Crippen molar-refractivity contribution in [3.63, 3.8) is 0 Å². The van der Waals surface area contributed by atoms with E-state index in [4.69, 9.17) is 10.5 Å². The number of nitrogens with two attached hydrogens (primary N) is 1. The zero-order valence-electron chi connectivity index (χ0n) is 14.8. The highest BCUT2D eigenvalue weighted by atomic mass is 19.4. The summed E-state index contributed by atoms with van der Waals surface area (Å²) in [5.41, 5.74) is 0.388. The minimum atomic E-state index is -4.88. The first-order valence-electron chi connectivity index (χ1n) is 8.38. The number of anilines is 3. The molecule has 0 saturated heterocycles. The summed E-state index contributed by atoms with van der Waals surface area (Å²) in [6.45, 7) is -0.736. The van der Waals surface area contributed by atoms with Crippen LogP contribution in [0.15, 0.2) is 12.3 Å². The molecule has 1 aliphatic carbocycles. The molecule has 3 rings (SSSR count). The minimum absolute atomic E-state index is 0.108. The van der Waals surface area contributed by atoms with Crippen LogP contribution in [0.3, 0.4) is 0 Å². The number of carbonyl (C=O) groups excluding carboxylic acids is 1. The van der Waals surface area contributed by atoms with E-state index < -0.39 is 70.4 Å². The number of halogens is 7. The lowest BCUT2D eigenvalue weighted by Crippen LogP contribution is -2.19. The van der Waals surface area contributed by atoms with Gasteiger partial charge < -0.3 is 15.8 Å². The summed E-state index contributed by atoms with van der Waals surface area (Å²) in [7, 11) is 0. The highest BCUT2D eigenvalue weighted by Gasteiger charge is 2.33. The minimum Gasteiger partial charge on any atom is -0.446 e. The Balaban J connectivity index is 1.80. The molecule has 6 nitrogen and oxygen atoms in total. The Labute approximate surface area is 164 Å². The van der Waals surface area contributed by atoms with Gasteiger partial charge in [-0.2, -0.15) is 13.2 Å². The number of hydrogen-bond donors (Lipinski definition) is 3. The number of hydrogen-bond acceptors (Lipinski definition) is 5. The SMILES string of the molecule is Nc1c(F)c(NCc2cnc(C(F)(F)F)cc2F)c(F)c(F)c1NC(=O)OC1CC1.